The van der Waals surface area contributed by atoms with Crippen molar-refractivity contribution in [3.05, 3.63) is 46.4 Å². The lowest BCUT2D eigenvalue weighted by atomic mass is 10.3. The second-order valence-electron chi connectivity index (χ2n) is 3.93. The zero-order chi connectivity index (χ0) is 14.9. The number of benzene rings is 2. The van der Waals surface area contributed by atoms with Crippen LogP contribution in [0, 0.1) is 0 Å². The standard InChI is InChI=1S/C12H10Cl2N2O3S/c13-7-3-8(14)5-9(4-7)19-20(17,18)10-1-2-11(15)12(16)6-10/h1-6H,15-16H2. The van der Waals surface area contributed by atoms with E-state index in [1.54, 1.807) is 0 Å². The zero-order valence-electron chi connectivity index (χ0n) is 10.0. The van der Waals surface area contributed by atoms with Crippen molar-refractivity contribution < 1.29 is 12.6 Å². The molecule has 4 N–H and O–H groups in total. The van der Waals surface area contributed by atoms with E-state index in [0.717, 1.165) is 0 Å². The van der Waals surface area contributed by atoms with Crippen LogP contribution in [0.4, 0.5) is 11.4 Å². The number of halogens is 2. The molecule has 0 saturated heterocycles. The highest BCUT2D eigenvalue weighted by atomic mass is 35.5. The van der Waals surface area contributed by atoms with E-state index < -0.39 is 10.1 Å². The van der Waals surface area contributed by atoms with Crippen LogP contribution in [-0.4, -0.2) is 8.42 Å². The molecule has 5 nitrogen and oxygen atoms in total. The normalized spacial score (nSPS) is 11.3. The third kappa shape index (κ3) is 3.27. The summed E-state index contributed by atoms with van der Waals surface area (Å²) in [5.74, 6) is 0.0119. The summed E-state index contributed by atoms with van der Waals surface area (Å²) >= 11 is 11.6. The van der Waals surface area contributed by atoms with Crippen LogP contribution >= 0.6 is 23.2 Å². The largest absolute Gasteiger partial charge is 0.397 e. The third-order valence-electron chi connectivity index (χ3n) is 2.39. The van der Waals surface area contributed by atoms with E-state index in [1.807, 2.05) is 0 Å². The van der Waals surface area contributed by atoms with Gasteiger partial charge in [-0.05, 0) is 24.3 Å². The highest BCUT2D eigenvalue weighted by Gasteiger charge is 2.18. The predicted octanol–water partition coefficient (Wildman–Crippen LogP) is 2.93. The molecule has 0 aromatic heterocycles. The average molecular weight is 333 g/mol. The summed E-state index contributed by atoms with van der Waals surface area (Å²) in [5, 5.41) is 0.527. The van der Waals surface area contributed by atoms with Gasteiger partial charge in [0.1, 0.15) is 10.6 Å². The molecule has 2 rings (SSSR count). The number of hydrogen-bond acceptors (Lipinski definition) is 5. The first kappa shape index (κ1) is 14.8. The molecule has 0 fully saturated rings. The van der Waals surface area contributed by atoms with E-state index in [4.69, 9.17) is 38.9 Å². The molecular weight excluding hydrogens is 323 g/mol. The Morgan fingerprint density at radius 3 is 2.05 bits per heavy atom. The molecule has 0 aliphatic carbocycles. The van der Waals surface area contributed by atoms with Crippen molar-refractivity contribution in [2.24, 2.45) is 0 Å². The highest BCUT2D eigenvalue weighted by Crippen LogP contribution is 2.28. The summed E-state index contributed by atoms with van der Waals surface area (Å²) in [6, 6.07) is 8.04. The molecule has 0 atom stereocenters. The minimum atomic E-state index is -4.04. The highest BCUT2D eigenvalue weighted by molar-refractivity contribution is 7.87. The molecule has 0 aliphatic rings. The van der Waals surface area contributed by atoms with Crippen LogP contribution in [0.25, 0.3) is 0 Å². The van der Waals surface area contributed by atoms with Crippen LogP contribution < -0.4 is 15.7 Å². The van der Waals surface area contributed by atoms with E-state index in [-0.39, 0.29) is 32.1 Å². The molecule has 0 heterocycles. The maximum absolute atomic E-state index is 12.1. The molecular formula is C12H10Cl2N2O3S. The summed E-state index contributed by atoms with van der Waals surface area (Å²) < 4.78 is 29.1. The fourth-order valence-electron chi connectivity index (χ4n) is 1.46. The topological polar surface area (TPSA) is 95.4 Å². The van der Waals surface area contributed by atoms with E-state index >= 15 is 0 Å². The smallest absolute Gasteiger partial charge is 0.339 e. The van der Waals surface area contributed by atoms with Gasteiger partial charge in [0, 0.05) is 22.2 Å². The van der Waals surface area contributed by atoms with Crippen LogP contribution in [0.5, 0.6) is 5.75 Å². The Bertz CT molecular complexity index is 743. The molecule has 0 bridgehead atoms. The number of nitrogens with two attached hydrogens (primary N) is 2. The van der Waals surface area contributed by atoms with Gasteiger partial charge in [-0.2, -0.15) is 8.42 Å². The lowest BCUT2D eigenvalue weighted by Gasteiger charge is -2.09. The van der Waals surface area contributed by atoms with Crippen molar-refractivity contribution in [2.45, 2.75) is 4.90 Å². The second-order valence-corrected chi connectivity index (χ2v) is 6.35. The van der Waals surface area contributed by atoms with Gasteiger partial charge in [0.2, 0.25) is 0 Å². The van der Waals surface area contributed by atoms with Crippen molar-refractivity contribution >= 4 is 44.7 Å². The van der Waals surface area contributed by atoms with Crippen LogP contribution in [-0.2, 0) is 10.1 Å². The van der Waals surface area contributed by atoms with Crippen molar-refractivity contribution in [3.63, 3.8) is 0 Å². The van der Waals surface area contributed by atoms with E-state index in [1.165, 1.54) is 36.4 Å². The van der Waals surface area contributed by atoms with Gasteiger partial charge in [-0.15, -0.1) is 0 Å². The molecule has 0 unspecified atom stereocenters. The number of nitrogen functional groups attached to an aromatic ring is 2. The molecule has 2 aromatic carbocycles. The van der Waals surface area contributed by atoms with Gasteiger partial charge < -0.3 is 15.7 Å². The summed E-state index contributed by atoms with van der Waals surface area (Å²) in [7, 11) is -4.04. The van der Waals surface area contributed by atoms with E-state index in [9.17, 15) is 8.42 Å². The quantitative estimate of drug-likeness (QED) is 0.665. The molecule has 0 amide bonds. The second kappa shape index (κ2) is 5.40. The van der Waals surface area contributed by atoms with Gasteiger partial charge in [0.05, 0.1) is 11.4 Å². The van der Waals surface area contributed by atoms with Gasteiger partial charge in [0.25, 0.3) is 0 Å². The van der Waals surface area contributed by atoms with Gasteiger partial charge >= 0.3 is 10.1 Å². The molecule has 8 heteroatoms. The minimum Gasteiger partial charge on any atom is -0.397 e. The molecule has 0 aliphatic heterocycles. The Morgan fingerprint density at radius 1 is 0.900 bits per heavy atom. The molecule has 0 saturated carbocycles. The summed E-state index contributed by atoms with van der Waals surface area (Å²) in [4.78, 5) is -0.111. The zero-order valence-corrected chi connectivity index (χ0v) is 12.3. The molecule has 20 heavy (non-hydrogen) atoms. The van der Waals surface area contributed by atoms with Crippen LogP contribution in [0.15, 0.2) is 41.3 Å². The van der Waals surface area contributed by atoms with Gasteiger partial charge in [0.15, 0.2) is 0 Å². The Balaban J connectivity index is 2.37. The first-order valence-corrected chi connectivity index (χ1v) is 7.50. The van der Waals surface area contributed by atoms with Crippen molar-refractivity contribution in [2.75, 3.05) is 11.5 Å². The predicted molar refractivity (Wildman–Crippen MR) is 79.5 cm³/mol. The van der Waals surface area contributed by atoms with Gasteiger partial charge in [-0.25, -0.2) is 0 Å². The van der Waals surface area contributed by atoms with Gasteiger partial charge in [-0.1, -0.05) is 23.2 Å². The van der Waals surface area contributed by atoms with E-state index in [0.29, 0.717) is 0 Å². The Kier molecular flexibility index (Phi) is 3.99. The lowest BCUT2D eigenvalue weighted by molar-refractivity contribution is 0.486. The van der Waals surface area contributed by atoms with Crippen molar-refractivity contribution in [1.82, 2.24) is 0 Å². The summed E-state index contributed by atoms with van der Waals surface area (Å²) in [6.45, 7) is 0. The van der Waals surface area contributed by atoms with Crippen LogP contribution in [0.3, 0.4) is 0 Å². The average Bonchev–Trinajstić information content (AvgIpc) is 2.30. The van der Waals surface area contributed by atoms with Crippen molar-refractivity contribution in [1.29, 1.82) is 0 Å². The number of rotatable bonds is 3. The molecule has 2 aromatic rings. The maximum atomic E-state index is 12.1. The van der Waals surface area contributed by atoms with Gasteiger partial charge in [-0.3, -0.25) is 0 Å². The third-order valence-corrected chi connectivity index (χ3v) is 4.07. The number of anilines is 2. The minimum absolute atomic E-state index is 0.0119. The van der Waals surface area contributed by atoms with Crippen molar-refractivity contribution in [3.8, 4) is 5.75 Å². The Morgan fingerprint density at radius 2 is 1.50 bits per heavy atom. The molecule has 106 valence electrons. The first-order chi connectivity index (χ1) is 9.28. The molecule has 0 spiro atoms. The Labute approximate surface area is 126 Å². The fourth-order valence-corrected chi connectivity index (χ4v) is 2.92. The Hall–Kier alpha value is -1.63. The SMILES string of the molecule is Nc1ccc(S(=O)(=O)Oc2cc(Cl)cc(Cl)c2)cc1N. The van der Waals surface area contributed by atoms with E-state index in [2.05, 4.69) is 0 Å². The maximum Gasteiger partial charge on any atom is 0.339 e. The van der Waals surface area contributed by atoms with Crippen LogP contribution in [0.1, 0.15) is 0 Å². The first-order valence-electron chi connectivity index (χ1n) is 5.33. The summed E-state index contributed by atoms with van der Waals surface area (Å²) in [6.07, 6.45) is 0. The van der Waals surface area contributed by atoms with Crippen LogP contribution in [0.2, 0.25) is 10.0 Å². The summed E-state index contributed by atoms with van der Waals surface area (Å²) in [5.41, 5.74) is 11.5. The fraction of sp³-hybridized carbons (Fsp3) is 0. The molecule has 0 radical (unpaired) electrons. The lowest BCUT2D eigenvalue weighted by Crippen LogP contribution is -2.10. The monoisotopic (exact) mass is 332 g/mol. The number of hydrogen-bond donors (Lipinski definition) is 2.